The fourth-order valence-electron chi connectivity index (χ4n) is 3.78. The Balaban J connectivity index is 1.33. The van der Waals surface area contributed by atoms with E-state index in [4.69, 9.17) is 4.74 Å². The molecule has 166 valence electrons. The topological polar surface area (TPSA) is 89.3 Å². The minimum absolute atomic E-state index is 0.0251. The van der Waals surface area contributed by atoms with Crippen molar-refractivity contribution in [3.05, 3.63) is 71.3 Å². The van der Waals surface area contributed by atoms with Gasteiger partial charge in [0.1, 0.15) is 11.6 Å². The van der Waals surface area contributed by atoms with Crippen molar-refractivity contribution in [2.75, 3.05) is 20.2 Å². The van der Waals surface area contributed by atoms with Gasteiger partial charge < -0.3 is 15.0 Å². The molecule has 1 fully saturated rings. The molecule has 32 heavy (non-hydrogen) atoms. The van der Waals surface area contributed by atoms with E-state index in [-0.39, 0.29) is 29.2 Å². The van der Waals surface area contributed by atoms with Gasteiger partial charge in [0.15, 0.2) is 5.69 Å². The molecule has 0 spiro atoms. The number of carbonyl (C=O) groups excluding carboxylic acids is 2. The summed E-state index contributed by atoms with van der Waals surface area (Å²) in [7, 11) is 1.61. The molecule has 1 aromatic heterocycles. The third-order valence-electron chi connectivity index (χ3n) is 5.56. The van der Waals surface area contributed by atoms with Crippen molar-refractivity contribution in [3.63, 3.8) is 0 Å². The van der Waals surface area contributed by atoms with Crippen LogP contribution >= 0.6 is 0 Å². The number of likely N-dealkylation sites (tertiary alicyclic amines) is 1. The lowest BCUT2D eigenvalue weighted by atomic mass is 10.1. The van der Waals surface area contributed by atoms with Crippen LogP contribution in [0.4, 0.5) is 4.39 Å². The zero-order valence-corrected chi connectivity index (χ0v) is 17.9. The van der Waals surface area contributed by atoms with Crippen molar-refractivity contribution >= 4 is 11.8 Å². The third-order valence-corrected chi connectivity index (χ3v) is 5.56. The Bertz CT molecular complexity index is 1110. The largest absolute Gasteiger partial charge is 0.497 e. The number of rotatable bonds is 7. The van der Waals surface area contributed by atoms with E-state index in [0.717, 1.165) is 11.3 Å². The second-order valence-corrected chi connectivity index (χ2v) is 7.81. The second-order valence-electron chi connectivity index (χ2n) is 7.81. The lowest BCUT2D eigenvalue weighted by Crippen LogP contribution is -2.31. The highest BCUT2D eigenvalue weighted by Crippen LogP contribution is 2.21. The molecule has 0 aliphatic carbocycles. The smallest absolute Gasteiger partial charge is 0.273 e. The van der Waals surface area contributed by atoms with Gasteiger partial charge in [-0.15, -0.1) is 5.10 Å². The number of amides is 2. The zero-order chi connectivity index (χ0) is 22.7. The van der Waals surface area contributed by atoms with Gasteiger partial charge >= 0.3 is 0 Å². The molecule has 2 aromatic carbocycles. The van der Waals surface area contributed by atoms with Crippen molar-refractivity contribution in [2.45, 2.75) is 19.9 Å². The number of carbonyl (C=O) groups is 2. The van der Waals surface area contributed by atoms with Crippen LogP contribution in [0.15, 0.2) is 48.5 Å². The Kier molecular flexibility index (Phi) is 6.16. The van der Waals surface area contributed by atoms with Crippen LogP contribution in [0, 0.1) is 18.7 Å². The zero-order valence-electron chi connectivity index (χ0n) is 17.9. The van der Waals surface area contributed by atoms with E-state index in [1.165, 1.54) is 16.8 Å². The molecule has 1 aliphatic rings. The number of aromatic nitrogens is 3. The maximum absolute atomic E-state index is 13.2. The van der Waals surface area contributed by atoms with Gasteiger partial charge in [-0.1, -0.05) is 17.3 Å². The second kappa shape index (κ2) is 9.17. The van der Waals surface area contributed by atoms with Crippen LogP contribution in [0.3, 0.4) is 0 Å². The molecule has 9 heteroatoms. The van der Waals surface area contributed by atoms with Crippen molar-refractivity contribution in [1.29, 1.82) is 0 Å². The number of nitrogens with zero attached hydrogens (tertiary/aromatic N) is 4. The van der Waals surface area contributed by atoms with Crippen LogP contribution in [0.2, 0.25) is 0 Å². The maximum atomic E-state index is 13.2. The van der Waals surface area contributed by atoms with E-state index < -0.39 is 0 Å². The van der Waals surface area contributed by atoms with Crippen molar-refractivity contribution < 1.29 is 18.7 Å². The third kappa shape index (κ3) is 4.61. The summed E-state index contributed by atoms with van der Waals surface area (Å²) in [6.45, 7) is 3.20. The van der Waals surface area contributed by atoms with Gasteiger partial charge in [0.05, 0.1) is 18.5 Å². The van der Waals surface area contributed by atoms with Gasteiger partial charge in [0.25, 0.3) is 5.91 Å². The van der Waals surface area contributed by atoms with E-state index in [2.05, 4.69) is 15.6 Å². The van der Waals surface area contributed by atoms with Gasteiger partial charge in [-0.05, 0) is 48.9 Å². The highest BCUT2D eigenvalue weighted by atomic mass is 19.1. The summed E-state index contributed by atoms with van der Waals surface area (Å²) in [6.07, 6.45) is 0.387. The number of methoxy groups -OCH3 is 1. The maximum Gasteiger partial charge on any atom is 0.273 e. The van der Waals surface area contributed by atoms with Gasteiger partial charge in [-0.25, -0.2) is 9.07 Å². The summed E-state index contributed by atoms with van der Waals surface area (Å²) in [5, 5.41) is 10.9. The van der Waals surface area contributed by atoms with Crippen molar-refractivity contribution in [2.24, 2.45) is 5.92 Å². The van der Waals surface area contributed by atoms with E-state index in [1.54, 1.807) is 31.1 Å². The molecule has 1 N–H and O–H groups in total. The summed E-state index contributed by atoms with van der Waals surface area (Å²) in [4.78, 5) is 26.8. The molecule has 4 rings (SSSR count). The molecule has 0 bridgehead atoms. The van der Waals surface area contributed by atoms with Gasteiger partial charge in [0, 0.05) is 32.0 Å². The number of hydrogen-bond acceptors (Lipinski definition) is 5. The predicted octanol–water partition coefficient (Wildman–Crippen LogP) is 2.50. The molecule has 2 heterocycles. The molecule has 1 saturated heterocycles. The summed E-state index contributed by atoms with van der Waals surface area (Å²) in [6, 6.07) is 13.4. The minimum Gasteiger partial charge on any atom is -0.497 e. The summed E-state index contributed by atoms with van der Waals surface area (Å²) >= 11 is 0. The quantitative estimate of drug-likeness (QED) is 0.614. The van der Waals surface area contributed by atoms with Crippen LogP contribution in [0.25, 0.3) is 5.69 Å². The number of benzene rings is 2. The van der Waals surface area contributed by atoms with Gasteiger partial charge in [-0.3, -0.25) is 9.59 Å². The minimum atomic E-state index is -0.350. The summed E-state index contributed by atoms with van der Waals surface area (Å²) in [5.74, 6) is 0.165. The number of halogens is 1. The van der Waals surface area contributed by atoms with Crippen LogP contribution in [-0.4, -0.2) is 51.9 Å². The van der Waals surface area contributed by atoms with E-state index >= 15 is 0 Å². The highest BCUT2D eigenvalue weighted by Gasteiger charge is 2.30. The first-order chi connectivity index (χ1) is 15.4. The van der Waals surface area contributed by atoms with Crippen LogP contribution in [0.1, 0.15) is 28.2 Å². The Labute approximate surface area is 185 Å². The van der Waals surface area contributed by atoms with E-state index in [0.29, 0.717) is 37.4 Å². The fourth-order valence-corrected chi connectivity index (χ4v) is 3.78. The molecule has 1 atom stereocenters. The Morgan fingerprint density at radius 1 is 1.19 bits per heavy atom. The first-order valence-electron chi connectivity index (χ1n) is 10.3. The Hall–Kier alpha value is -3.75. The average molecular weight is 437 g/mol. The molecule has 1 unspecified atom stereocenters. The molecule has 0 saturated carbocycles. The Morgan fingerprint density at radius 2 is 1.91 bits per heavy atom. The molecule has 3 aromatic rings. The highest BCUT2D eigenvalue weighted by molar-refractivity contribution is 5.93. The average Bonchev–Trinajstić information content (AvgIpc) is 3.35. The van der Waals surface area contributed by atoms with Crippen LogP contribution in [0.5, 0.6) is 5.75 Å². The van der Waals surface area contributed by atoms with Gasteiger partial charge in [-0.2, -0.15) is 0 Å². The SMILES string of the molecule is COc1ccc(CN2CC(CNC(=O)c3nnn(-c4ccc(F)cc4)c3C)CC2=O)cc1. The van der Waals surface area contributed by atoms with E-state index in [1.807, 2.05) is 24.3 Å². The predicted molar refractivity (Wildman–Crippen MR) is 115 cm³/mol. The monoisotopic (exact) mass is 437 g/mol. The normalized spacial score (nSPS) is 15.8. The molecule has 2 amide bonds. The lowest BCUT2D eigenvalue weighted by Gasteiger charge is -2.17. The standard InChI is InChI=1S/C23H24FN5O3/c1-15-22(26-27-29(15)19-7-5-18(24)6-8-19)23(31)25-12-17-11-21(30)28(14-17)13-16-3-9-20(32-2)10-4-16/h3-10,17H,11-14H2,1-2H3,(H,25,31). The number of nitrogens with one attached hydrogen (secondary N) is 1. The first kappa shape index (κ1) is 21.5. The van der Waals surface area contributed by atoms with E-state index in [9.17, 15) is 14.0 Å². The molecule has 1 aliphatic heterocycles. The molecular formula is C23H24FN5O3. The molecule has 8 nitrogen and oxygen atoms in total. The lowest BCUT2D eigenvalue weighted by molar-refractivity contribution is -0.128. The number of ether oxygens (including phenoxy) is 1. The van der Waals surface area contributed by atoms with Crippen molar-refractivity contribution in [1.82, 2.24) is 25.2 Å². The van der Waals surface area contributed by atoms with Crippen LogP contribution < -0.4 is 10.1 Å². The Morgan fingerprint density at radius 3 is 2.59 bits per heavy atom. The summed E-state index contributed by atoms with van der Waals surface area (Å²) in [5.41, 5.74) is 2.40. The number of hydrogen-bond donors (Lipinski definition) is 1. The fraction of sp³-hybridized carbons (Fsp3) is 0.304. The molecular weight excluding hydrogens is 413 g/mol. The van der Waals surface area contributed by atoms with Crippen molar-refractivity contribution in [3.8, 4) is 11.4 Å². The van der Waals surface area contributed by atoms with Gasteiger partial charge in [0.2, 0.25) is 5.91 Å². The summed E-state index contributed by atoms with van der Waals surface area (Å²) < 4.78 is 19.8. The molecule has 0 radical (unpaired) electrons. The first-order valence-corrected chi connectivity index (χ1v) is 10.3. The van der Waals surface area contributed by atoms with Crippen LogP contribution in [-0.2, 0) is 11.3 Å².